The number of halogens is 1. The van der Waals surface area contributed by atoms with Gasteiger partial charge in [-0.3, -0.25) is 0 Å². The summed E-state index contributed by atoms with van der Waals surface area (Å²) in [5.41, 5.74) is 0.489. The molecule has 4 nitrogen and oxygen atoms in total. The van der Waals surface area contributed by atoms with Crippen LogP contribution in [-0.4, -0.2) is 13.1 Å². The molecule has 0 atom stereocenters. The van der Waals surface area contributed by atoms with E-state index in [0.29, 0.717) is 10.7 Å². The molecule has 5 heteroatoms. The quantitative estimate of drug-likeness (QED) is 0.497. The molecule has 0 spiro atoms. The van der Waals surface area contributed by atoms with Crippen molar-refractivity contribution in [3.8, 4) is 6.07 Å². The summed E-state index contributed by atoms with van der Waals surface area (Å²) in [5.74, 6) is -0.693. The molecule has 0 aliphatic rings. The standard InChI is InChI=1S/C11H9ClN2O2/c1-16-11(15)8(6-13)7-14-10-5-3-2-4-9(10)12/h2-5,7,14H,1H3/b8-7+. The molecule has 82 valence electrons. The van der Waals surface area contributed by atoms with Crippen molar-refractivity contribution in [2.45, 2.75) is 0 Å². The zero-order chi connectivity index (χ0) is 12.0. The van der Waals surface area contributed by atoms with Gasteiger partial charge in [-0.1, -0.05) is 23.7 Å². The first kappa shape index (κ1) is 12.1. The van der Waals surface area contributed by atoms with Gasteiger partial charge in [0.25, 0.3) is 0 Å². The molecule has 1 rings (SSSR count). The Kier molecular flexibility index (Phi) is 4.37. The first-order valence-corrected chi connectivity index (χ1v) is 4.76. The fraction of sp³-hybridized carbons (Fsp3) is 0.0909. The lowest BCUT2D eigenvalue weighted by Gasteiger charge is -2.03. The smallest absolute Gasteiger partial charge is 0.350 e. The van der Waals surface area contributed by atoms with Crippen LogP contribution in [0, 0.1) is 11.3 Å². The molecule has 1 aromatic carbocycles. The second-order valence-corrected chi connectivity index (χ2v) is 3.19. The van der Waals surface area contributed by atoms with E-state index < -0.39 is 5.97 Å². The van der Waals surface area contributed by atoms with Crippen LogP contribution in [-0.2, 0) is 9.53 Å². The maximum Gasteiger partial charge on any atom is 0.350 e. The maximum absolute atomic E-state index is 11.1. The largest absolute Gasteiger partial charge is 0.465 e. The lowest BCUT2D eigenvalue weighted by molar-refractivity contribution is -0.135. The second kappa shape index (κ2) is 5.79. The number of rotatable bonds is 3. The number of benzene rings is 1. The van der Waals surface area contributed by atoms with Crippen molar-refractivity contribution in [1.82, 2.24) is 0 Å². The van der Waals surface area contributed by atoms with Crippen LogP contribution < -0.4 is 5.32 Å². The van der Waals surface area contributed by atoms with Crippen LogP contribution in [0.1, 0.15) is 0 Å². The Bertz CT molecular complexity index is 463. The normalized spacial score (nSPS) is 10.4. The Morgan fingerprint density at radius 3 is 2.81 bits per heavy atom. The number of nitrogens with one attached hydrogen (secondary N) is 1. The number of hydrogen-bond acceptors (Lipinski definition) is 4. The predicted octanol–water partition coefficient (Wildman–Crippen LogP) is 2.33. The summed E-state index contributed by atoms with van der Waals surface area (Å²) in [7, 11) is 1.21. The summed E-state index contributed by atoms with van der Waals surface area (Å²) in [5, 5.41) is 11.9. The molecular formula is C11H9ClN2O2. The van der Waals surface area contributed by atoms with Crippen molar-refractivity contribution >= 4 is 23.3 Å². The minimum atomic E-state index is -0.693. The molecule has 0 saturated carbocycles. The molecular weight excluding hydrogens is 228 g/mol. The third-order valence-corrected chi connectivity index (χ3v) is 2.10. The highest BCUT2D eigenvalue weighted by Gasteiger charge is 2.08. The van der Waals surface area contributed by atoms with Gasteiger partial charge in [0, 0.05) is 6.20 Å². The number of ether oxygens (including phenoxy) is 1. The second-order valence-electron chi connectivity index (χ2n) is 2.79. The van der Waals surface area contributed by atoms with Crippen molar-refractivity contribution in [2.24, 2.45) is 0 Å². The lowest BCUT2D eigenvalue weighted by atomic mass is 10.3. The minimum absolute atomic E-state index is 0.123. The minimum Gasteiger partial charge on any atom is -0.465 e. The van der Waals surface area contributed by atoms with Crippen LogP contribution in [0.15, 0.2) is 36.0 Å². The average Bonchev–Trinajstić information content (AvgIpc) is 2.31. The molecule has 0 heterocycles. The number of anilines is 1. The molecule has 0 aromatic heterocycles. The van der Waals surface area contributed by atoms with Gasteiger partial charge in [0.1, 0.15) is 6.07 Å². The van der Waals surface area contributed by atoms with Gasteiger partial charge in [-0.25, -0.2) is 4.79 Å². The number of carbonyl (C=O) groups excluding carboxylic acids is 1. The Morgan fingerprint density at radius 1 is 1.56 bits per heavy atom. The van der Waals surface area contributed by atoms with E-state index in [1.54, 1.807) is 30.3 Å². The number of nitrogens with zero attached hydrogens (tertiary/aromatic N) is 1. The van der Waals surface area contributed by atoms with E-state index in [9.17, 15) is 4.79 Å². The molecule has 0 radical (unpaired) electrons. The van der Waals surface area contributed by atoms with E-state index in [2.05, 4.69) is 10.1 Å². The van der Waals surface area contributed by atoms with Crippen molar-refractivity contribution in [3.63, 3.8) is 0 Å². The summed E-state index contributed by atoms with van der Waals surface area (Å²) in [6, 6.07) is 8.71. The Balaban J connectivity index is 2.84. The van der Waals surface area contributed by atoms with Crippen LogP contribution in [0.25, 0.3) is 0 Å². The third-order valence-electron chi connectivity index (χ3n) is 1.77. The van der Waals surface area contributed by atoms with Gasteiger partial charge in [-0.05, 0) is 12.1 Å². The first-order chi connectivity index (χ1) is 7.69. The van der Waals surface area contributed by atoms with Gasteiger partial charge in [0.2, 0.25) is 0 Å². The monoisotopic (exact) mass is 236 g/mol. The maximum atomic E-state index is 11.1. The third kappa shape index (κ3) is 3.01. The summed E-state index contributed by atoms with van der Waals surface area (Å²) < 4.78 is 4.42. The average molecular weight is 237 g/mol. The molecule has 0 aliphatic heterocycles. The number of esters is 1. The number of nitriles is 1. The van der Waals surface area contributed by atoms with Crippen LogP contribution >= 0.6 is 11.6 Å². The molecule has 0 unspecified atom stereocenters. The van der Waals surface area contributed by atoms with E-state index in [0.717, 1.165) is 0 Å². The highest BCUT2D eigenvalue weighted by Crippen LogP contribution is 2.20. The number of hydrogen-bond donors (Lipinski definition) is 1. The van der Waals surface area contributed by atoms with Crippen molar-refractivity contribution in [2.75, 3.05) is 12.4 Å². The van der Waals surface area contributed by atoms with E-state index >= 15 is 0 Å². The molecule has 1 aromatic rings. The topological polar surface area (TPSA) is 62.1 Å². The lowest BCUT2D eigenvalue weighted by Crippen LogP contribution is -2.05. The summed E-state index contributed by atoms with van der Waals surface area (Å²) in [6.45, 7) is 0. The van der Waals surface area contributed by atoms with E-state index in [4.69, 9.17) is 16.9 Å². The molecule has 0 aliphatic carbocycles. The number of para-hydroxylation sites is 1. The molecule has 0 fully saturated rings. The van der Waals surface area contributed by atoms with Crippen molar-refractivity contribution in [3.05, 3.63) is 41.1 Å². The Morgan fingerprint density at radius 2 is 2.25 bits per heavy atom. The SMILES string of the molecule is COC(=O)/C(C#N)=C/Nc1ccccc1Cl. The van der Waals surface area contributed by atoms with Gasteiger partial charge in [0.05, 0.1) is 17.8 Å². The van der Waals surface area contributed by atoms with Crippen LogP contribution in [0.5, 0.6) is 0 Å². The van der Waals surface area contributed by atoms with E-state index in [-0.39, 0.29) is 5.57 Å². The van der Waals surface area contributed by atoms with Gasteiger partial charge in [0.15, 0.2) is 5.57 Å². The van der Waals surface area contributed by atoms with Crippen LogP contribution in [0.3, 0.4) is 0 Å². The summed E-state index contributed by atoms with van der Waals surface area (Å²) >= 11 is 5.87. The molecule has 0 bridgehead atoms. The van der Waals surface area contributed by atoms with Crippen LogP contribution in [0.4, 0.5) is 5.69 Å². The Labute approximate surface area is 98.1 Å². The molecule has 0 saturated heterocycles. The van der Waals surface area contributed by atoms with E-state index in [1.807, 2.05) is 0 Å². The predicted molar refractivity (Wildman–Crippen MR) is 60.8 cm³/mol. The van der Waals surface area contributed by atoms with Crippen molar-refractivity contribution in [1.29, 1.82) is 5.26 Å². The zero-order valence-corrected chi connectivity index (χ0v) is 9.28. The van der Waals surface area contributed by atoms with Gasteiger partial charge < -0.3 is 10.1 Å². The fourth-order valence-electron chi connectivity index (χ4n) is 0.975. The molecule has 0 amide bonds. The van der Waals surface area contributed by atoms with Crippen LogP contribution in [0.2, 0.25) is 5.02 Å². The summed E-state index contributed by atoms with van der Waals surface area (Å²) in [4.78, 5) is 11.1. The molecule has 1 N–H and O–H groups in total. The van der Waals surface area contributed by atoms with Gasteiger partial charge in [-0.15, -0.1) is 0 Å². The first-order valence-electron chi connectivity index (χ1n) is 4.38. The highest BCUT2D eigenvalue weighted by molar-refractivity contribution is 6.33. The summed E-state index contributed by atoms with van der Waals surface area (Å²) in [6.07, 6.45) is 1.26. The molecule has 16 heavy (non-hydrogen) atoms. The Hall–Kier alpha value is -1.99. The van der Waals surface area contributed by atoms with Gasteiger partial charge in [-0.2, -0.15) is 5.26 Å². The van der Waals surface area contributed by atoms with Crippen molar-refractivity contribution < 1.29 is 9.53 Å². The highest BCUT2D eigenvalue weighted by atomic mass is 35.5. The number of carbonyl (C=O) groups is 1. The number of methoxy groups -OCH3 is 1. The fourth-order valence-corrected chi connectivity index (χ4v) is 1.17. The van der Waals surface area contributed by atoms with E-state index in [1.165, 1.54) is 13.3 Å². The zero-order valence-electron chi connectivity index (χ0n) is 8.53. The van der Waals surface area contributed by atoms with Gasteiger partial charge >= 0.3 is 5.97 Å².